The Balaban J connectivity index is 1.37. The highest BCUT2D eigenvalue weighted by Crippen LogP contribution is 2.34. The van der Waals surface area contributed by atoms with Crippen molar-refractivity contribution in [3.05, 3.63) is 58.1 Å². The first kappa shape index (κ1) is 22.9. The van der Waals surface area contributed by atoms with Crippen molar-refractivity contribution in [1.29, 1.82) is 0 Å². The van der Waals surface area contributed by atoms with Crippen LogP contribution in [0.5, 0.6) is 5.75 Å². The van der Waals surface area contributed by atoms with Crippen LogP contribution in [0.4, 0.5) is 5.69 Å². The molecule has 2 aliphatic rings. The number of carbonyl (C=O) groups is 2. The van der Waals surface area contributed by atoms with Crippen LogP contribution in [0, 0.1) is 0 Å². The first-order valence-corrected chi connectivity index (χ1v) is 11.6. The number of hydrogen-bond acceptors (Lipinski definition) is 4. The fourth-order valence-corrected chi connectivity index (χ4v) is 5.19. The van der Waals surface area contributed by atoms with Crippen molar-refractivity contribution in [2.45, 2.75) is 50.2 Å². The summed E-state index contributed by atoms with van der Waals surface area (Å²) in [5, 5.41) is 6.97. The molecule has 2 amide bonds. The SMILES string of the molecule is COc1ccccc1C(=O)NC1CC2CCCC(C1)N2CC(=O)Nc1ccc(Cl)c(Cl)c1. The second-order valence-electron chi connectivity index (χ2n) is 8.43. The molecular formula is C24H27Cl2N3O3. The lowest BCUT2D eigenvalue weighted by atomic mass is 9.81. The van der Waals surface area contributed by atoms with E-state index in [2.05, 4.69) is 15.5 Å². The third kappa shape index (κ3) is 5.20. The summed E-state index contributed by atoms with van der Waals surface area (Å²) in [5.74, 6) is 0.384. The molecule has 2 N–H and O–H groups in total. The predicted octanol–water partition coefficient (Wildman–Crippen LogP) is 4.76. The summed E-state index contributed by atoms with van der Waals surface area (Å²) in [6, 6.07) is 12.9. The Morgan fingerprint density at radius 1 is 1.06 bits per heavy atom. The highest BCUT2D eigenvalue weighted by Gasteiger charge is 2.39. The van der Waals surface area contributed by atoms with E-state index in [1.807, 2.05) is 12.1 Å². The van der Waals surface area contributed by atoms with Crippen LogP contribution >= 0.6 is 23.2 Å². The number of piperidine rings is 2. The number of rotatable bonds is 6. The monoisotopic (exact) mass is 475 g/mol. The highest BCUT2D eigenvalue weighted by atomic mass is 35.5. The number of hydrogen-bond donors (Lipinski definition) is 2. The zero-order chi connectivity index (χ0) is 22.7. The fourth-order valence-electron chi connectivity index (χ4n) is 4.89. The van der Waals surface area contributed by atoms with Gasteiger partial charge >= 0.3 is 0 Å². The van der Waals surface area contributed by atoms with Gasteiger partial charge in [-0.1, -0.05) is 41.8 Å². The number of carbonyl (C=O) groups excluding carboxylic acids is 2. The summed E-state index contributed by atoms with van der Waals surface area (Å²) >= 11 is 12.0. The quantitative estimate of drug-likeness (QED) is 0.631. The molecule has 2 aromatic rings. The van der Waals surface area contributed by atoms with E-state index < -0.39 is 0 Å². The molecular weight excluding hydrogens is 449 g/mol. The first-order valence-electron chi connectivity index (χ1n) is 10.9. The molecule has 2 heterocycles. The molecule has 2 fully saturated rings. The number of nitrogens with one attached hydrogen (secondary N) is 2. The fraction of sp³-hybridized carbons (Fsp3) is 0.417. The zero-order valence-corrected chi connectivity index (χ0v) is 19.5. The third-order valence-corrected chi connectivity index (χ3v) is 7.08. The standard InChI is InChI=1S/C24H27Cl2N3O3/c1-32-22-8-3-2-7-19(22)24(31)28-16-11-17-5-4-6-18(12-16)29(17)14-23(30)27-15-9-10-20(25)21(26)13-15/h2-3,7-10,13,16-18H,4-6,11-12,14H2,1H3,(H,27,30)(H,28,31). The van der Waals surface area contributed by atoms with Gasteiger partial charge in [-0.05, 0) is 56.0 Å². The van der Waals surface area contributed by atoms with Crippen molar-refractivity contribution in [2.75, 3.05) is 19.0 Å². The molecule has 0 aromatic heterocycles. The molecule has 4 rings (SSSR count). The summed E-state index contributed by atoms with van der Waals surface area (Å²) < 4.78 is 5.32. The molecule has 0 saturated carbocycles. The van der Waals surface area contributed by atoms with Gasteiger partial charge < -0.3 is 15.4 Å². The van der Waals surface area contributed by atoms with Gasteiger partial charge in [-0.2, -0.15) is 0 Å². The van der Waals surface area contributed by atoms with Gasteiger partial charge in [-0.15, -0.1) is 0 Å². The molecule has 2 saturated heterocycles. The minimum absolute atomic E-state index is 0.0724. The van der Waals surface area contributed by atoms with E-state index in [9.17, 15) is 9.59 Å². The van der Waals surface area contributed by atoms with Gasteiger partial charge in [0.25, 0.3) is 5.91 Å². The van der Waals surface area contributed by atoms with Gasteiger partial charge in [-0.3, -0.25) is 14.5 Å². The number of halogens is 2. The number of fused-ring (bicyclic) bond motifs is 2. The van der Waals surface area contributed by atoms with Gasteiger partial charge in [0.15, 0.2) is 0 Å². The number of nitrogens with zero attached hydrogens (tertiary/aromatic N) is 1. The molecule has 2 bridgehead atoms. The van der Waals surface area contributed by atoms with E-state index in [0.29, 0.717) is 33.6 Å². The molecule has 2 atom stereocenters. The van der Waals surface area contributed by atoms with Crippen LogP contribution in [0.15, 0.2) is 42.5 Å². The smallest absolute Gasteiger partial charge is 0.255 e. The Bertz CT molecular complexity index is 986. The van der Waals surface area contributed by atoms with Crippen molar-refractivity contribution in [3.8, 4) is 5.75 Å². The Hall–Kier alpha value is -2.28. The van der Waals surface area contributed by atoms with Crippen molar-refractivity contribution >= 4 is 40.7 Å². The van der Waals surface area contributed by atoms with Gasteiger partial charge in [0.2, 0.25) is 5.91 Å². The Labute approximate surface area is 198 Å². The summed E-state index contributed by atoms with van der Waals surface area (Å²) in [5.41, 5.74) is 1.18. The Morgan fingerprint density at radius 2 is 1.78 bits per heavy atom. The van der Waals surface area contributed by atoms with Crippen LogP contribution in [-0.4, -0.2) is 48.5 Å². The molecule has 0 spiro atoms. The van der Waals surface area contributed by atoms with Crippen molar-refractivity contribution in [1.82, 2.24) is 10.2 Å². The molecule has 2 unspecified atom stereocenters. The third-order valence-electron chi connectivity index (χ3n) is 6.34. The summed E-state index contributed by atoms with van der Waals surface area (Å²) in [7, 11) is 1.57. The molecule has 2 aromatic carbocycles. The number of methoxy groups -OCH3 is 1. The molecule has 6 nitrogen and oxygen atoms in total. The molecule has 8 heteroatoms. The maximum Gasteiger partial charge on any atom is 0.255 e. The maximum absolute atomic E-state index is 12.8. The number of para-hydroxylation sites is 1. The molecule has 0 aliphatic carbocycles. The largest absolute Gasteiger partial charge is 0.496 e. The van der Waals surface area contributed by atoms with Crippen LogP contribution in [0.3, 0.4) is 0 Å². The highest BCUT2D eigenvalue weighted by molar-refractivity contribution is 6.42. The average molecular weight is 476 g/mol. The van der Waals surface area contributed by atoms with Crippen molar-refractivity contribution in [2.24, 2.45) is 0 Å². The number of amides is 2. The van der Waals surface area contributed by atoms with Gasteiger partial charge in [0.1, 0.15) is 5.75 Å². The second-order valence-corrected chi connectivity index (χ2v) is 9.24. The topological polar surface area (TPSA) is 70.7 Å². The van der Waals surface area contributed by atoms with Crippen LogP contribution in [0.25, 0.3) is 0 Å². The lowest BCUT2D eigenvalue weighted by molar-refractivity contribution is -0.120. The van der Waals surface area contributed by atoms with Gasteiger partial charge in [0, 0.05) is 23.8 Å². The van der Waals surface area contributed by atoms with Crippen LogP contribution in [0.2, 0.25) is 10.0 Å². The van der Waals surface area contributed by atoms with E-state index in [1.54, 1.807) is 37.4 Å². The first-order chi connectivity index (χ1) is 15.4. The summed E-state index contributed by atoms with van der Waals surface area (Å²) in [6.07, 6.45) is 4.86. The molecule has 170 valence electrons. The van der Waals surface area contributed by atoms with Crippen LogP contribution in [-0.2, 0) is 4.79 Å². The minimum atomic E-state index is -0.115. The number of anilines is 1. The lowest BCUT2D eigenvalue weighted by Crippen LogP contribution is -2.58. The summed E-state index contributed by atoms with van der Waals surface area (Å²) in [4.78, 5) is 27.8. The van der Waals surface area contributed by atoms with E-state index in [4.69, 9.17) is 27.9 Å². The minimum Gasteiger partial charge on any atom is -0.496 e. The van der Waals surface area contributed by atoms with Crippen LogP contribution < -0.4 is 15.4 Å². The van der Waals surface area contributed by atoms with E-state index >= 15 is 0 Å². The van der Waals surface area contributed by atoms with Crippen molar-refractivity contribution in [3.63, 3.8) is 0 Å². The molecule has 2 aliphatic heterocycles. The maximum atomic E-state index is 12.8. The second kappa shape index (κ2) is 10.1. The Kier molecular flexibility index (Phi) is 7.23. The predicted molar refractivity (Wildman–Crippen MR) is 127 cm³/mol. The normalized spacial score (nSPS) is 22.8. The molecule has 0 radical (unpaired) electrons. The number of benzene rings is 2. The molecule has 32 heavy (non-hydrogen) atoms. The van der Waals surface area contributed by atoms with Crippen LogP contribution in [0.1, 0.15) is 42.5 Å². The van der Waals surface area contributed by atoms with Gasteiger partial charge in [0.05, 0.1) is 29.3 Å². The van der Waals surface area contributed by atoms with E-state index in [1.165, 1.54) is 0 Å². The Morgan fingerprint density at radius 3 is 2.47 bits per heavy atom. The zero-order valence-electron chi connectivity index (χ0n) is 17.9. The average Bonchev–Trinajstić information content (AvgIpc) is 2.76. The summed E-state index contributed by atoms with van der Waals surface area (Å²) in [6.45, 7) is 0.322. The lowest BCUT2D eigenvalue weighted by Gasteiger charge is -2.48. The van der Waals surface area contributed by atoms with E-state index in [-0.39, 0.29) is 29.9 Å². The van der Waals surface area contributed by atoms with Crippen molar-refractivity contribution < 1.29 is 14.3 Å². The van der Waals surface area contributed by atoms with Gasteiger partial charge in [-0.25, -0.2) is 0 Å². The number of ether oxygens (including phenoxy) is 1. The van der Waals surface area contributed by atoms with E-state index in [0.717, 1.165) is 32.1 Å².